The van der Waals surface area contributed by atoms with Gasteiger partial charge in [-0.05, 0) is 12.8 Å². The molecular formula is C10H14O5. The Bertz CT molecular complexity index is 276. The molecule has 0 N–H and O–H groups in total. The van der Waals surface area contributed by atoms with E-state index in [4.69, 9.17) is 0 Å². The van der Waals surface area contributed by atoms with Crippen molar-refractivity contribution in [1.82, 2.24) is 0 Å². The molecule has 1 fully saturated rings. The Morgan fingerprint density at radius 1 is 1.20 bits per heavy atom. The fourth-order valence-electron chi connectivity index (χ4n) is 1.87. The van der Waals surface area contributed by atoms with E-state index in [-0.39, 0.29) is 5.78 Å². The molecule has 1 saturated carbocycles. The molecule has 0 aromatic carbocycles. The highest BCUT2D eigenvalue weighted by Gasteiger charge is 2.42. The first-order valence-electron chi connectivity index (χ1n) is 4.80. The van der Waals surface area contributed by atoms with Gasteiger partial charge in [-0.15, -0.1) is 0 Å². The van der Waals surface area contributed by atoms with Crippen LogP contribution >= 0.6 is 0 Å². The van der Waals surface area contributed by atoms with Gasteiger partial charge in [-0.1, -0.05) is 0 Å². The van der Waals surface area contributed by atoms with Crippen molar-refractivity contribution in [2.24, 2.45) is 11.8 Å². The van der Waals surface area contributed by atoms with E-state index in [1.807, 2.05) is 0 Å². The Morgan fingerprint density at radius 3 is 2.33 bits per heavy atom. The third-order valence-corrected chi connectivity index (χ3v) is 2.65. The molecule has 0 unspecified atom stereocenters. The highest BCUT2D eigenvalue weighted by atomic mass is 16.5. The molecule has 0 aromatic rings. The lowest BCUT2D eigenvalue weighted by molar-refractivity contribution is -0.162. The van der Waals surface area contributed by atoms with Crippen molar-refractivity contribution >= 4 is 17.7 Å². The zero-order chi connectivity index (χ0) is 11.4. The topological polar surface area (TPSA) is 69.7 Å². The Balaban J connectivity index is 2.86. The zero-order valence-electron chi connectivity index (χ0n) is 8.82. The van der Waals surface area contributed by atoms with E-state index in [9.17, 15) is 14.4 Å². The van der Waals surface area contributed by atoms with Gasteiger partial charge in [0, 0.05) is 6.42 Å². The van der Waals surface area contributed by atoms with Crippen LogP contribution in [0.25, 0.3) is 0 Å². The molecule has 1 rings (SSSR count). The maximum absolute atomic E-state index is 11.5. The molecule has 2 atom stereocenters. The minimum absolute atomic E-state index is 0.233. The van der Waals surface area contributed by atoms with E-state index >= 15 is 0 Å². The van der Waals surface area contributed by atoms with Gasteiger partial charge in [0.15, 0.2) is 0 Å². The molecule has 1 aliphatic carbocycles. The van der Waals surface area contributed by atoms with Crippen LogP contribution in [0.5, 0.6) is 0 Å². The number of ketones is 1. The van der Waals surface area contributed by atoms with E-state index in [1.54, 1.807) is 0 Å². The van der Waals surface area contributed by atoms with Crippen molar-refractivity contribution in [3.63, 3.8) is 0 Å². The summed E-state index contributed by atoms with van der Waals surface area (Å²) in [7, 11) is 2.45. The average Bonchev–Trinajstić information content (AvgIpc) is 2.26. The molecule has 15 heavy (non-hydrogen) atoms. The molecule has 0 heterocycles. The largest absolute Gasteiger partial charge is 0.469 e. The first kappa shape index (κ1) is 11.7. The lowest BCUT2D eigenvalue weighted by Gasteiger charge is -2.25. The SMILES string of the molecule is COC(=O)[C@H]1C(=O)CCC[C@@H]1C(=O)OC. The molecule has 0 aliphatic heterocycles. The van der Waals surface area contributed by atoms with Crippen LogP contribution in [-0.4, -0.2) is 31.9 Å². The van der Waals surface area contributed by atoms with Gasteiger partial charge < -0.3 is 9.47 Å². The lowest BCUT2D eigenvalue weighted by atomic mass is 9.78. The Hall–Kier alpha value is -1.39. The number of carbonyl (C=O) groups excluding carboxylic acids is 3. The van der Waals surface area contributed by atoms with Gasteiger partial charge in [-0.3, -0.25) is 14.4 Å². The first-order chi connectivity index (χ1) is 7.11. The third-order valence-electron chi connectivity index (χ3n) is 2.65. The van der Waals surface area contributed by atoms with Crippen molar-refractivity contribution in [2.45, 2.75) is 19.3 Å². The zero-order valence-corrected chi connectivity index (χ0v) is 8.82. The molecule has 0 spiro atoms. The fourth-order valence-corrected chi connectivity index (χ4v) is 1.87. The molecule has 0 radical (unpaired) electrons. The van der Waals surface area contributed by atoms with E-state index in [0.29, 0.717) is 19.3 Å². The van der Waals surface area contributed by atoms with E-state index in [2.05, 4.69) is 9.47 Å². The monoisotopic (exact) mass is 214 g/mol. The number of carbonyl (C=O) groups is 3. The quantitative estimate of drug-likeness (QED) is 0.489. The van der Waals surface area contributed by atoms with Crippen LogP contribution in [0, 0.1) is 11.8 Å². The molecule has 5 nitrogen and oxygen atoms in total. The van der Waals surface area contributed by atoms with Crippen LogP contribution in [0.2, 0.25) is 0 Å². The first-order valence-corrected chi connectivity index (χ1v) is 4.80. The van der Waals surface area contributed by atoms with E-state index in [0.717, 1.165) is 0 Å². The summed E-state index contributed by atoms with van der Waals surface area (Å²) in [5.74, 6) is -3.04. The highest BCUT2D eigenvalue weighted by Crippen LogP contribution is 2.29. The fraction of sp³-hybridized carbons (Fsp3) is 0.700. The highest BCUT2D eigenvalue weighted by molar-refractivity contribution is 6.03. The van der Waals surface area contributed by atoms with Crippen LogP contribution in [0.4, 0.5) is 0 Å². The minimum atomic E-state index is -0.976. The van der Waals surface area contributed by atoms with Crippen LogP contribution in [0.3, 0.4) is 0 Å². The van der Waals surface area contributed by atoms with Crippen molar-refractivity contribution in [3.8, 4) is 0 Å². The molecular weight excluding hydrogens is 200 g/mol. The number of hydrogen-bond acceptors (Lipinski definition) is 5. The summed E-state index contributed by atoms with van der Waals surface area (Å²) < 4.78 is 9.08. The van der Waals surface area contributed by atoms with Gasteiger partial charge in [-0.25, -0.2) is 0 Å². The smallest absolute Gasteiger partial charge is 0.317 e. The Kier molecular flexibility index (Phi) is 3.82. The second-order valence-electron chi connectivity index (χ2n) is 3.49. The summed E-state index contributed by atoms with van der Waals surface area (Å²) in [5, 5.41) is 0. The van der Waals surface area contributed by atoms with Gasteiger partial charge in [0.1, 0.15) is 11.7 Å². The number of esters is 2. The maximum Gasteiger partial charge on any atom is 0.317 e. The summed E-state index contributed by atoms with van der Waals surface area (Å²) in [6, 6.07) is 0. The van der Waals surface area contributed by atoms with Gasteiger partial charge >= 0.3 is 11.9 Å². The van der Waals surface area contributed by atoms with Gasteiger partial charge in [0.2, 0.25) is 0 Å². The van der Waals surface area contributed by atoms with Gasteiger partial charge in [0.25, 0.3) is 0 Å². The predicted molar refractivity (Wildman–Crippen MR) is 49.9 cm³/mol. The van der Waals surface area contributed by atoms with Crippen molar-refractivity contribution in [3.05, 3.63) is 0 Å². The molecule has 0 aromatic heterocycles. The van der Waals surface area contributed by atoms with Gasteiger partial charge in [-0.2, -0.15) is 0 Å². The standard InChI is InChI=1S/C10H14O5/c1-14-9(12)6-4-3-5-7(11)8(6)10(13)15-2/h6,8H,3-5H2,1-2H3/t6-,8+/m0/s1. The van der Waals surface area contributed by atoms with E-state index < -0.39 is 23.8 Å². The molecule has 0 bridgehead atoms. The maximum atomic E-state index is 11.5. The normalized spacial score (nSPS) is 25.9. The van der Waals surface area contributed by atoms with Crippen molar-refractivity contribution < 1.29 is 23.9 Å². The number of rotatable bonds is 2. The van der Waals surface area contributed by atoms with Crippen LogP contribution in [0.15, 0.2) is 0 Å². The summed E-state index contributed by atoms with van der Waals surface area (Å²) >= 11 is 0. The van der Waals surface area contributed by atoms with Crippen LogP contribution < -0.4 is 0 Å². The number of hydrogen-bond donors (Lipinski definition) is 0. The van der Waals surface area contributed by atoms with Crippen molar-refractivity contribution in [1.29, 1.82) is 0 Å². The molecule has 0 amide bonds. The summed E-state index contributed by atoms with van der Waals surface area (Å²) in [6.45, 7) is 0. The van der Waals surface area contributed by atoms with E-state index in [1.165, 1.54) is 14.2 Å². The summed E-state index contributed by atoms with van der Waals surface area (Å²) in [5.41, 5.74) is 0. The molecule has 0 saturated heterocycles. The van der Waals surface area contributed by atoms with Crippen molar-refractivity contribution in [2.75, 3.05) is 14.2 Å². The Morgan fingerprint density at radius 2 is 1.80 bits per heavy atom. The van der Waals surface area contributed by atoms with Crippen LogP contribution in [-0.2, 0) is 23.9 Å². The second kappa shape index (κ2) is 4.91. The Labute approximate surface area is 87.7 Å². The van der Waals surface area contributed by atoms with Crippen LogP contribution in [0.1, 0.15) is 19.3 Å². The minimum Gasteiger partial charge on any atom is -0.469 e. The molecule has 84 valence electrons. The predicted octanol–water partition coefficient (Wildman–Crippen LogP) is 0.318. The molecule has 5 heteroatoms. The third kappa shape index (κ3) is 2.34. The number of Topliss-reactive ketones (excluding diaryl/α,β-unsaturated/α-hetero) is 1. The molecule has 1 aliphatic rings. The number of methoxy groups -OCH3 is 2. The second-order valence-corrected chi connectivity index (χ2v) is 3.49. The average molecular weight is 214 g/mol. The van der Waals surface area contributed by atoms with Gasteiger partial charge in [0.05, 0.1) is 20.1 Å². The lowest BCUT2D eigenvalue weighted by Crippen LogP contribution is -2.40. The summed E-state index contributed by atoms with van der Waals surface area (Å²) in [6.07, 6.45) is 1.44. The summed E-state index contributed by atoms with van der Waals surface area (Å²) in [4.78, 5) is 34.2. The number of ether oxygens (including phenoxy) is 2.